The molecular formula is C39H42ClNO3. The van der Waals surface area contributed by atoms with Gasteiger partial charge in [0.05, 0.1) is 11.5 Å². The van der Waals surface area contributed by atoms with E-state index < -0.39 is 11.9 Å². The van der Waals surface area contributed by atoms with Crippen molar-refractivity contribution in [3.8, 4) is 11.1 Å². The number of hydrogen-bond donors (Lipinski definition) is 2. The van der Waals surface area contributed by atoms with Crippen molar-refractivity contribution >= 4 is 29.2 Å². The topological polar surface area (TPSA) is 66.4 Å². The van der Waals surface area contributed by atoms with E-state index >= 15 is 0 Å². The lowest BCUT2D eigenvalue weighted by Crippen LogP contribution is -2.25. The smallest absolute Gasteiger partial charge is 0.335 e. The molecule has 1 fully saturated rings. The number of carboxylic acids is 1. The molecule has 0 aromatic heterocycles. The summed E-state index contributed by atoms with van der Waals surface area (Å²) in [5.74, 6) is -0.171. The van der Waals surface area contributed by atoms with Crippen molar-refractivity contribution < 1.29 is 14.7 Å². The van der Waals surface area contributed by atoms with Crippen LogP contribution in [0.4, 0.5) is 5.69 Å². The molecule has 0 aliphatic heterocycles. The predicted octanol–water partition coefficient (Wildman–Crippen LogP) is 10.3. The van der Waals surface area contributed by atoms with Crippen LogP contribution in [0.25, 0.3) is 11.1 Å². The fourth-order valence-corrected chi connectivity index (χ4v) is 6.81. The minimum absolute atomic E-state index is 0.0961. The van der Waals surface area contributed by atoms with Gasteiger partial charge in [-0.3, -0.25) is 4.79 Å². The molecule has 1 atom stereocenters. The second-order valence-electron chi connectivity index (χ2n) is 13.4. The molecular weight excluding hydrogens is 566 g/mol. The molecule has 1 aliphatic carbocycles. The van der Waals surface area contributed by atoms with E-state index in [4.69, 9.17) is 11.6 Å². The van der Waals surface area contributed by atoms with Crippen molar-refractivity contribution in [1.29, 1.82) is 0 Å². The molecule has 0 heterocycles. The van der Waals surface area contributed by atoms with Gasteiger partial charge in [-0.25, -0.2) is 4.79 Å². The molecule has 1 amide bonds. The van der Waals surface area contributed by atoms with Crippen LogP contribution in [0, 0.1) is 18.3 Å². The quantitative estimate of drug-likeness (QED) is 0.209. The van der Waals surface area contributed by atoms with Crippen LogP contribution in [0.1, 0.15) is 90.9 Å². The Morgan fingerprint density at radius 2 is 1.50 bits per heavy atom. The van der Waals surface area contributed by atoms with Gasteiger partial charge in [-0.1, -0.05) is 87.0 Å². The fourth-order valence-electron chi connectivity index (χ4n) is 6.59. The zero-order valence-corrected chi connectivity index (χ0v) is 26.8. The Balaban J connectivity index is 1.35. The molecule has 1 unspecified atom stereocenters. The number of rotatable bonds is 8. The normalized spacial score (nSPS) is 17.6. The third-order valence-electron chi connectivity index (χ3n) is 9.37. The van der Waals surface area contributed by atoms with Gasteiger partial charge >= 0.3 is 5.97 Å². The van der Waals surface area contributed by atoms with Crippen molar-refractivity contribution in [3.63, 3.8) is 0 Å². The standard InChI is InChI=1S/C39H42ClNO3/c1-25-23-33(40)19-22-35(25)29-15-20-34(21-16-29)41-37(42)36(24-26-5-7-31(8-6-26)38(43)44)30-11-9-27(10-12-30)28-13-17-32(18-14-28)39(2,3)4/h5-12,15-16,19-23,28,32,36H,13-14,17-18,24H2,1-4H3,(H,41,42)(H,43,44). The van der Waals surface area contributed by atoms with E-state index in [0.29, 0.717) is 22.8 Å². The molecule has 44 heavy (non-hydrogen) atoms. The maximum Gasteiger partial charge on any atom is 0.335 e. The number of hydrogen-bond acceptors (Lipinski definition) is 2. The first-order valence-corrected chi connectivity index (χ1v) is 16.0. The van der Waals surface area contributed by atoms with Crippen molar-refractivity contribution in [2.45, 2.75) is 71.6 Å². The summed E-state index contributed by atoms with van der Waals surface area (Å²) in [6.07, 6.45) is 5.37. The van der Waals surface area contributed by atoms with Gasteiger partial charge in [0.2, 0.25) is 5.91 Å². The van der Waals surface area contributed by atoms with Crippen LogP contribution in [0.3, 0.4) is 0 Å². The number of aryl methyl sites for hydroxylation is 1. The lowest BCUT2D eigenvalue weighted by Gasteiger charge is -2.37. The molecule has 228 valence electrons. The molecule has 1 aliphatic rings. The third kappa shape index (κ3) is 7.60. The largest absolute Gasteiger partial charge is 0.478 e. The number of aromatic carboxylic acids is 1. The highest BCUT2D eigenvalue weighted by Gasteiger charge is 2.30. The van der Waals surface area contributed by atoms with Gasteiger partial charge in [0.25, 0.3) is 0 Å². The summed E-state index contributed by atoms with van der Waals surface area (Å²) in [4.78, 5) is 25.2. The monoisotopic (exact) mass is 607 g/mol. The second-order valence-corrected chi connectivity index (χ2v) is 13.8. The maximum absolute atomic E-state index is 13.8. The minimum Gasteiger partial charge on any atom is -0.478 e. The molecule has 2 N–H and O–H groups in total. The lowest BCUT2D eigenvalue weighted by molar-refractivity contribution is -0.117. The Bertz CT molecular complexity index is 1590. The highest BCUT2D eigenvalue weighted by molar-refractivity contribution is 6.30. The molecule has 0 saturated heterocycles. The van der Waals surface area contributed by atoms with Gasteiger partial charge in [0, 0.05) is 10.7 Å². The first-order valence-electron chi connectivity index (χ1n) is 15.6. The van der Waals surface area contributed by atoms with Crippen LogP contribution in [0.15, 0.2) is 91.0 Å². The van der Waals surface area contributed by atoms with E-state index in [-0.39, 0.29) is 11.5 Å². The summed E-state index contributed by atoms with van der Waals surface area (Å²) in [5.41, 5.74) is 7.76. The Labute approximate surface area is 266 Å². The van der Waals surface area contributed by atoms with Gasteiger partial charge < -0.3 is 10.4 Å². The highest BCUT2D eigenvalue weighted by Crippen LogP contribution is 2.43. The Morgan fingerprint density at radius 3 is 2.07 bits per heavy atom. The Kier molecular flexibility index (Phi) is 9.60. The maximum atomic E-state index is 13.8. The van der Waals surface area contributed by atoms with Gasteiger partial charge in [-0.15, -0.1) is 0 Å². The van der Waals surface area contributed by atoms with E-state index in [1.54, 1.807) is 24.3 Å². The van der Waals surface area contributed by atoms with Crippen LogP contribution in [0.2, 0.25) is 5.02 Å². The summed E-state index contributed by atoms with van der Waals surface area (Å²) in [6.45, 7) is 9.08. The molecule has 4 aromatic carbocycles. The SMILES string of the molecule is Cc1cc(Cl)ccc1-c1ccc(NC(=O)C(Cc2ccc(C(=O)O)cc2)c2ccc(C3CCC(C(C)(C)C)CC3)cc2)cc1. The van der Waals surface area contributed by atoms with Crippen molar-refractivity contribution in [1.82, 2.24) is 0 Å². The average Bonchev–Trinajstić information content (AvgIpc) is 3.00. The molecule has 4 nitrogen and oxygen atoms in total. The van der Waals surface area contributed by atoms with Crippen LogP contribution < -0.4 is 5.32 Å². The number of halogens is 1. The first kappa shape index (κ1) is 31.5. The zero-order valence-electron chi connectivity index (χ0n) is 26.1. The summed E-state index contributed by atoms with van der Waals surface area (Å²) >= 11 is 6.14. The van der Waals surface area contributed by atoms with Crippen LogP contribution in [0.5, 0.6) is 0 Å². The second kappa shape index (κ2) is 13.4. The summed E-state index contributed by atoms with van der Waals surface area (Å²) in [7, 11) is 0. The van der Waals surface area contributed by atoms with Crippen molar-refractivity contribution in [2.75, 3.05) is 5.32 Å². The van der Waals surface area contributed by atoms with Gasteiger partial charge in [0.15, 0.2) is 0 Å². The fraction of sp³-hybridized carbons (Fsp3) is 0.333. The van der Waals surface area contributed by atoms with Gasteiger partial charge in [0.1, 0.15) is 0 Å². The van der Waals surface area contributed by atoms with Crippen LogP contribution in [-0.2, 0) is 11.2 Å². The van der Waals surface area contributed by atoms with Crippen LogP contribution in [-0.4, -0.2) is 17.0 Å². The molecule has 1 saturated carbocycles. The van der Waals surface area contributed by atoms with Gasteiger partial charge in [-0.05, 0) is 126 Å². The number of anilines is 1. The molecule has 4 aromatic rings. The third-order valence-corrected chi connectivity index (χ3v) is 9.61. The van der Waals surface area contributed by atoms with E-state index in [1.807, 2.05) is 49.4 Å². The molecule has 0 spiro atoms. The number of carboxylic acid groups (broad SMARTS) is 1. The van der Waals surface area contributed by atoms with Crippen molar-refractivity contribution in [2.24, 2.45) is 11.3 Å². The first-order chi connectivity index (χ1) is 21.0. The summed E-state index contributed by atoms with van der Waals surface area (Å²) in [5, 5.41) is 13.2. The Hall–Kier alpha value is -3.89. The van der Waals surface area contributed by atoms with E-state index in [1.165, 1.54) is 31.2 Å². The van der Waals surface area contributed by atoms with Crippen LogP contribution >= 0.6 is 11.6 Å². The van der Waals surface area contributed by atoms with Gasteiger partial charge in [-0.2, -0.15) is 0 Å². The lowest BCUT2D eigenvalue weighted by atomic mass is 9.68. The number of carbonyl (C=O) groups is 2. The predicted molar refractivity (Wildman–Crippen MR) is 181 cm³/mol. The van der Waals surface area contributed by atoms with E-state index in [0.717, 1.165) is 39.4 Å². The number of carbonyl (C=O) groups excluding carboxylic acids is 1. The molecule has 5 heteroatoms. The summed E-state index contributed by atoms with van der Waals surface area (Å²) < 4.78 is 0. The minimum atomic E-state index is -0.963. The molecule has 0 bridgehead atoms. The van der Waals surface area contributed by atoms with Crippen molar-refractivity contribution in [3.05, 3.63) is 124 Å². The summed E-state index contributed by atoms with van der Waals surface area (Å²) in [6, 6.07) is 29.1. The number of amides is 1. The highest BCUT2D eigenvalue weighted by atomic mass is 35.5. The number of nitrogens with one attached hydrogen (secondary N) is 1. The van der Waals surface area contributed by atoms with E-state index in [9.17, 15) is 14.7 Å². The average molecular weight is 608 g/mol. The Morgan fingerprint density at radius 1 is 0.864 bits per heavy atom. The zero-order chi connectivity index (χ0) is 31.4. The number of benzene rings is 4. The molecule has 5 rings (SSSR count). The molecule has 0 radical (unpaired) electrons. The van der Waals surface area contributed by atoms with E-state index in [2.05, 4.69) is 50.4 Å².